The van der Waals surface area contributed by atoms with Gasteiger partial charge in [0, 0.05) is 18.5 Å². The molecule has 0 unspecified atom stereocenters. The van der Waals surface area contributed by atoms with E-state index in [0.29, 0.717) is 43.2 Å². The highest BCUT2D eigenvalue weighted by molar-refractivity contribution is 5.85. The molecule has 0 saturated carbocycles. The van der Waals surface area contributed by atoms with E-state index in [1.54, 1.807) is 30.3 Å². The molecule has 2 aromatic rings. The highest BCUT2D eigenvalue weighted by Crippen LogP contribution is 2.29. The molecule has 0 N–H and O–H groups in total. The third-order valence-electron chi connectivity index (χ3n) is 6.29. The number of hydrogen-bond acceptors (Lipinski definition) is 5. The van der Waals surface area contributed by atoms with Gasteiger partial charge in [-0.3, -0.25) is 9.59 Å². The second-order valence-corrected chi connectivity index (χ2v) is 12.1. The fraction of sp³-hybridized carbons (Fsp3) is 0.600. The molecule has 0 aliphatic heterocycles. The number of carbonyl (C=O) groups excluding carboxylic acids is 2. The highest BCUT2D eigenvalue weighted by atomic mass is 16.5. The smallest absolute Gasteiger partial charge is 0.242 e. The molecule has 206 valence electrons. The Bertz CT molecular complexity index is 1000. The summed E-state index contributed by atoms with van der Waals surface area (Å²) in [6.07, 6.45) is 3.60. The Kier molecular flexibility index (Phi) is 10.6. The Balaban J connectivity index is 2.19. The van der Waals surface area contributed by atoms with Crippen molar-refractivity contribution in [3.63, 3.8) is 0 Å². The van der Waals surface area contributed by atoms with Crippen molar-refractivity contribution in [2.75, 3.05) is 27.3 Å². The molecular formula is C30H46N2O5. The summed E-state index contributed by atoms with van der Waals surface area (Å²) < 4.78 is 16.3. The molecular weight excluding hydrogens is 468 g/mol. The van der Waals surface area contributed by atoms with Crippen LogP contribution >= 0.6 is 0 Å². The zero-order valence-electron chi connectivity index (χ0n) is 24.2. The molecule has 1 aromatic heterocycles. The van der Waals surface area contributed by atoms with Crippen LogP contribution in [0.15, 0.2) is 41.0 Å². The average molecular weight is 515 g/mol. The summed E-state index contributed by atoms with van der Waals surface area (Å²) in [6.45, 7) is 15.4. The Morgan fingerprint density at radius 3 is 2.19 bits per heavy atom. The second-order valence-electron chi connectivity index (χ2n) is 12.1. The number of amides is 2. The fourth-order valence-corrected chi connectivity index (χ4v) is 4.64. The van der Waals surface area contributed by atoms with Crippen molar-refractivity contribution < 1.29 is 23.5 Å². The first-order valence-electron chi connectivity index (χ1n) is 13.0. The molecule has 7 nitrogen and oxygen atoms in total. The average Bonchev–Trinajstić information content (AvgIpc) is 3.30. The summed E-state index contributed by atoms with van der Waals surface area (Å²) in [4.78, 5) is 30.5. The maximum atomic E-state index is 13.6. The van der Waals surface area contributed by atoms with Crippen molar-refractivity contribution >= 4 is 11.8 Å². The molecule has 1 atom stereocenters. The van der Waals surface area contributed by atoms with Crippen LogP contribution in [0.1, 0.15) is 72.6 Å². The van der Waals surface area contributed by atoms with Crippen molar-refractivity contribution in [3.8, 4) is 11.5 Å². The molecule has 0 aliphatic carbocycles. The first-order valence-corrected chi connectivity index (χ1v) is 13.0. The van der Waals surface area contributed by atoms with Crippen LogP contribution in [0.4, 0.5) is 0 Å². The fourth-order valence-electron chi connectivity index (χ4n) is 4.64. The standard InChI is InChI=1S/C30H46N2O5/c1-22(19-29(2,3)4)17-27(33)32(30(5,6)7)21-28(34)31(20-24-11-10-16-37-24)15-14-23-12-13-25(35-8)26(18-23)36-9/h10-13,16,18,22H,14-15,17,19-21H2,1-9H3/t22-/m0/s1. The van der Waals surface area contributed by atoms with Crippen LogP contribution in [0.5, 0.6) is 11.5 Å². The molecule has 0 fully saturated rings. The van der Waals surface area contributed by atoms with Crippen molar-refractivity contribution in [2.24, 2.45) is 11.3 Å². The van der Waals surface area contributed by atoms with Gasteiger partial charge in [0.2, 0.25) is 11.8 Å². The summed E-state index contributed by atoms with van der Waals surface area (Å²) in [7, 11) is 3.21. The lowest BCUT2D eigenvalue weighted by atomic mass is 9.84. The summed E-state index contributed by atoms with van der Waals surface area (Å²) in [5.41, 5.74) is 0.689. The lowest BCUT2D eigenvalue weighted by molar-refractivity contribution is -0.145. The summed E-state index contributed by atoms with van der Waals surface area (Å²) >= 11 is 0. The Morgan fingerprint density at radius 1 is 0.973 bits per heavy atom. The minimum absolute atomic E-state index is 0.00967. The number of ether oxygens (including phenoxy) is 2. The highest BCUT2D eigenvalue weighted by Gasteiger charge is 2.31. The third kappa shape index (κ3) is 9.78. The molecule has 37 heavy (non-hydrogen) atoms. The number of methoxy groups -OCH3 is 2. The quantitative estimate of drug-likeness (QED) is 0.350. The SMILES string of the molecule is COc1ccc(CCN(Cc2ccco2)C(=O)CN(C(=O)C[C@H](C)CC(C)(C)C)C(C)(C)C)cc1OC. The molecule has 0 bridgehead atoms. The van der Waals surface area contributed by atoms with E-state index in [4.69, 9.17) is 13.9 Å². The van der Waals surface area contributed by atoms with E-state index < -0.39 is 5.54 Å². The van der Waals surface area contributed by atoms with Crippen LogP contribution in [0.3, 0.4) is 0 Å². The molecule has 0 spiro atoms. The summed E-state index contributed by atoms with van der Waals surface area (Å²) in [6, 6.07) is 9.44. The predicted molar refractivity (Wildman–Crippen MR) is 147 cm³/mol. The van der Waals surface area contributed by atoms with Crippen LogP contribution in [0, 0.1) is 11.3 Å². The number of furan rings is 1. The maximum absolute atomic E-state index is 13.6. The Hall–Kier alpha value is -2.96. The van der Waals surface area contributed by atoms with Crippen LogP contribution < -0.4 is 9.47 Å². The van der Waals surface area contributed by atoms with Crippen LogP contribution in [0.25, 0.3) is 0 Å². The third-order valence-corrected chi connectivity index (χ3v) is 6.29. The minimum atomic E-state index is -0.478. The first kappa shape index (κ1) is 30.3. The molecule has 0 saturated heterocycles. The van der Waals surface area contributed by atoms with Crippen molar-refractivity contribution in [2.45, 2.75) is 79.8 Å². The van der Waals surface area contributed by atoms with Gasteiger partial charge in [0.25, 0.3) is 0 Å². The van der Waals surface area contributed by atoms with Gasteiger partial charge in [-0.05, 0) is 74.8 Å². The normalized spacial score (nSPS) is 12.7. The molecule has 1 heterocycles. The van der Waals surface area contributed by atoms with E-state index >= 15 is 0 Å². The van der Waals surface area contributed by atoms with E-state index in [1.807, 2.05) is 51.1 Å². The van der Waals surface area contributed by atoms with Crippen molar-refractivity contribution in [3.05, 3.63) is 47.9 Å². The van der Waals surface area contributed by atoms with Crippen molar-refractivity contribution in [1.29, 1.82) is 0 Å². The molecule has 0 radical (unpaired) electrons. The lowest BCUT2D eigenvalue weighted by Gasteiger charge is -2.37. The molecule has 2 amide bonds. The van der Waals surface area contributed by atoms with E-state index in [-0.39, 0.29) is 29.7 Å². The Labute approximate surface area is 223 Å². The predicted octanol–water partition coefficient (Wildman–Crippen LogP) is 5.96. The van der Waals surface area contributed by atoms with Gasteiger partial charge in [0.15, 0.2) is 11.5 Å². The summed E-state index contributed by atoms with van der Waals surface area (Å²) in [5, 5.41) is 0. The van der Waals surface area contributed by atoms with Crippen molar-refractivity contribution in [1.82, 2.24) is 9.80 Å². The van der Waals surface area contributed by atoms with Gasteiger partial charge in [-0.25, -0.2) is 0 Å². The monoisotopic (exact) mass is 514 g/mol. The van der Waals surface area contributed by atoms with E-state index in [9.17, 15) is 9.59 Å². The maximum Gasteiger partial charge on any atom is 0.242 e. The minimum Gasteiger partial charge on any atom is -0.493 e. The van der Waals surface area contributed by atoms with E-state index in [1.165, 1.54) is 0 Å². The number of rotatable bonds is 12. The number of carbonyl (C=O) groups is 2. The van der Waals surface area contributed by atoms with Gasteiger partial charge in [0.1, 0.15) is 12.3 Å². The summed E-state index contributed by atoms with van der Waals surface area (Å²) in [5.74, 6) is 2.15. The van der Waals surface area contributed by atoms with E-state index in [0.717, 1.165) is 12.0 Å². The van der Waals surface area contributed by atoms with E-state index in [2.05, 4.69) is 27.7 Å². The first-order chi connectivity index (χ1) is 17.2. The van der Waals surface area contributed by atoms with Crippen LogP contribution in [-0.2, 0) is 22.6 Å². The number of hydrogen-bond donors (Lipinski definition) is 0. The van der Waals surface area contributed by atoms with Gasteiger partial charge < -0.3 is 23.7 Å². The Morgan fingerprint density at radius 2 is 1.65 bits per heavy atom. The van der Waals surface area contributed by atoms with Gasteiger partial charge in [-0.2, -0.15) is 0 Å². The zero-order valence-corrected chi connectivity index (χ0v) is 24.2. The molecule has 2 rings (SSSR count). The number of nitrogens with zero attached hydrogens (tertiary/aromatic N) is 2. The van der Waals surface area contributed by atoms with Gasteiger partial charge in [-0.1, -0.05) is 33.8 Å². The van der Waals surface area contributed by atoms with Gasteiger partial charge in [0.05, 0.1) is 27.0 Å². The molecule has 1 aromatic carbocycles. The van der Waals surface area contributed by atoms with Crippen LogP contribution in [-0.4, -0.2) is 54.5 Å². The second kappa shape index (κ2) is 13.0. The molecule has 0 aliphatic rings. The largest absolute Gasteiger partial charge is 0.493 e. The zero-order chi connectivity index (χ0) is 27.8. The van der Waals surface area contributed by atoms with Gasteiger partial charge in [-0.15, -0.1) is 0 Å². The van der Waals surface area contributed by atoms with Crippen LogP contribution in [0.2, 0.25) is 0 Å². The molecule has 7 heteroatoms. The lowest BCUT2D eigenvalue weighted by Crippen LogP contribution is -2.51. The van der Waals surface area contributed by atoms with Gasteiger partial charge >= 0.3 is 0 Å². The number of benzene rings is 1. The topological polar surface area (TPSA) is 72.2 Å².